The molecular weight excluding hydrogens is 256 g/mol. The molecule has 21 heavy (non-hydrogen) atoms. The Morgan fingerprint density at radius 2 is 2.00 bits per heavy atom. The van der Waals surface area contributed by atoms with Gasteiger partial charge in [0.1, 0.15) is 0 Å². The van der Waals surface area contributed by atoms with Crippen molar-refractivity contribution in [3.8, 4) is 0 Å². The van der Waals surface area contributed by atoms with E-state index in [4.69, 9.17) is 0 Å². The summed E-state index contributed by atoms with van der Waals surface area (Å²) in [5.74, 6) is 0.855. The fraction of sp³-hybridized carbons (Fsp3) is 0.526. The lowest BCUT2D eigenvalue weighted by atomic mass is 9.83. The molecule has 1 fully saturated rings. The molecule has 1 N–H and O–H groups in total. The molecule has 112 valence electrons. The lowest BCUT2D eigenvalue weighted by Crippen LogP contribution is -2.37. The molecule has 1 heterocycles. The second-order valence-corrected chi connectivity index (χ2v) is 6.38. The van der Waals surface area contributed by atoms with Crippen LogP contribution < -0.4 is 5.32 Å². The van der Waals surface area contributed by atoms with Crippen LogP contribution in [0.25, 0.3) is 10.9 Å². The highest BCUT2D eigenvalue weighted by atomic mass is 14.9. The zero-order valence-electron chi connectivity index (χ0n) is 13.2. The molecule has 1 aliphatic rings. The average Bonchev–Trinajstić information content (AvgIpc) is 2.52. The number of para-hydroxylation sites is 1. The molecule has 0 bridgehead atoms. The minimum atomic E-state index is 0.691. The van der Waals surface area contributed by atoms with Gasteiger partial charge in [-0.15, -0.1) is 0 Å². The molecule has 2 nitrogen and oxygen atoms in total. The minimum Gasteiger partial charge on any atom is -0.310 e. The third-order valence-corrected chi connectivity index (χ3v) is 4.92. The lowest BCUT2D eigenvalue weighted by Gasteiger charge is -2.31. The van der Waals surface area contributed by atoms with Gasteiger partial charge in [-0.1, -0.05) is 44.4 Å². The Bertz CT molecular complexity index is 606. The van der Waals surface area contributed by atoms with Gasteiger partial charge >= 0.3 is 0 Å². The van der Waals surface area contributed by atoms with Gasteiger partial charge in [0.25, 0.3) is 0 Å². The van der Waals surface area contributed by atoms with Crippen molar-refractivity contribution in [3.63, 3.8) is 0 Å². The van der Waals surface area contributed by atoms with Gasteiger partial charge in [-0.3, -0.25) is 4.98 Å². The molecule has 0 radical (unpaired) electrons. The number of pyridine rings is 1. The molecule has 1 aliphatic carbocycles. The first-order valence-electron chi connectivity index (χ1n) is 8.36. The molecule has 0 amide bonds. The molecule has 2 atom stereocenters. The Kier molecular flexibility index (Phi) is 4.54. The fourth-order valence-corrected chi connectivity index (χ4v) is 3.75. The van der Waals surface area contributed by atoms with Crippen molar-refractivity contribution in [2.45, 2.75) is 58.5 Å². The molecule has 2 unspecified atom stereocenters. The minimum absolute atomic E-state index is 0.691. The van der Waals surface area contributed by atoms with Gasteiger partial charge in [0.2, 0.25) is 0 Å². The average molecular weight is 282 g/mol. The highest BCUT2D eigenvalue weighted by Crippen LogP contribution is 2.27. The topological polar surface area (TPSA) is 24.9 Å². The SMILES string of the molecule is CCC1CCCCC1NCc1cc(C)nc2ccccc12. The normalized spacial score (nSPS) is 22.6. The maximum absolute atomic E-state index is 4.63. The molecule has 0 aliphatic heterocycles. The van der Waals surface area contributed by atoms with E-state index in [0.29, 0.717) is 6.04 Å². The van der Waals surface area contributed by atoms with Crippen LogP contribution in [0.1, 0.15) is 50.3 Å². The van der Waals surface area contributed by atoms with Crippen molar-refractivity contribution in [1.82, 2.24) is 10.3 Å². The predicted molar refractivity (Wildman–Crippen MR) is 89.4 cm³/mol. The maximum atomic E-state index is 4.63. The van der Waals surface area contributed by atoms with Crippen LogP contribution in [0, 0.1) is 12.8 Å². The van der Waals surface area contributed by atoms with Crippen molar-refractivity contribution in [3.05, 3.63) is 41.6 Å². The molecule has 0 saturated heterocycles. The summed E-state index contributed by atoms with van der Waals surface area (Å²) in [5, 5.41) is 5.12. The van der Waals surface area contributed by atoms with E-state index in [0.717, 1.165) is 23.7 Å². The van der Waals surface area contributed by atoms with E-state index in [-0.39, 0.29) is 0 Å². The summed E-state index contributed by atoms with van der Waals surface area (Å²) in [5.41, 5.74) is 3.62. The van der Waals surface area contributed by atoms with Crippen LogP contribution >= 0.6 is 0 Å². The lowest BCUT2D eigenvalue weighted by molar-refractivity contribution is 0.254. The second-order valence-electron chi connectivity index (χ2n) is 6.38. The first-order valence-corrected chi connectivity index (χ1v) is 8.36. The van der Waals surface area contributed by atoms with Crippen molar-refractivity contribution in [2.24, 2.45) is 5.92 Å². The zero-order valence-corrected chi connectivity index (χ0v) is 13.2. The summed E-state index contributed by atoms with van der Waals surface area (Å²) < 4.78 is 0. The highest BCUT2D eigenvalue weighted by molar-refractivity contribution is 5.82. The zero-order chi connectivity index (χ0) is 14.7. The number of hydrogen-bond acceptors (Lipinski definition) is 2. The molecule has 1 aromatic heterocycles. The van der Waals surface area contributed by atoms with Gasteiger partial charge in [-0.05, 0) is 43.4 Å². The van der Waals surface area contributed by atoms with Crippen molar-refractivity contribution in [2.75, 3.05) is 0 Å². The summed E-state index contributed by atoms with van der Waals surface area (Å²) in [6.07, 6.45) is 6.82. The van der Waals surface area contributed by atoms with E-state index in [1.165, 1.54) is 43.1 Å². The fourth-order valence-electron chi connectivity index (χ4n) is 3.75. The Morgan fingerprint density at radius 3 is 2.86 bits per heavy atom. The van der Waals surface area contributed by atoms with E-state index in [9.17, 15) is 0 Å². The highest BCUT2D eigenvalue weighted by Gasteiger charge is 2.23. The van der Waals surface area contributed by atoms with Crippen LogP contribution in [0.5, 0.6) is 0 Å². The van der Waals surface area contributed by atoms with Crippen LogP contribution in [-0.4, -0.2) is 11.0 Å². The third kappa shape index (κ3) is 3.26. The number of hydrogen-bond donors (Lipinski definition) is 1. The molecule has 1 aromatic carbocycles. The van der Waals surface area contributed by atoms with Gasteiger partial charge in [0.05, 0.1) is 5.52 Å². The van der Waals surface area contributed by atoms with E-state index >= 15 is 0 Å². The van der Waals surface area contributed by atoms with Gasteiger partial charge in [0.15, 0.2) is 0 Å². The van der Waals surface area contributed by atoms with Crippen LogP contribution in [0.15, 0.2) is 30.3 Å². The van der Waals surface area contributed by atoms with Gasteiger partial charge in [0, 0.05) is 23.7 Å². The molecule has 3 rings (SSSR count). The largest absolute Gasteiger partial charge is 0.310 e. The summed E-state index contributed by atoms with van der Waals surface area (Å²) in [7, 11) is 0. The summed E-state index contributed by atoms with van der Waals surface area (Å²) in [6.45, 7) is 5.38. The Hall–Kier alpha value is -1.41. The monoisotopic (exact) mass is 282 g/mol. The number of nitrogens with zero attached hydrogens (tertiary/aromatic N) is 1. The first kappa shape index (κ1) is 14.5. The Balaban J connectivity index is 1.78. The van der Waals surface area contributed by atoms with Crippen molar-refractivity contribution < 1.29 is 0 Å². The molecule has 0 spiro atoms. The molecule has 1 saturated carbocycles. The summed E-state index contributed by atoms with van der Waals surface area (Å²) in [4.78, 5) is 4.63. The van der Waals surface area contributed by atoms with E-state index in [1.807, 2.05) is 0 Å². The van der Waals surface area contributed by atoms with E-state index in [2.05, 4.69) is 54.5 Å². The van der Waals surface area contributed by atoms with Crippen LogP contribution in [0.3, 0.4) is 0 Å². The van der Waals surface area contributed by atoms with Gasteiger partial charge in [-0.2, -0.15) is 0 Å². The summed E-state index contributed by atoms with van der Waals surface area (Å²) in [6, 6.07) is 11.4. The molecular formula is C19H26N2. The van der Waals surface area contributed by atoms with E-state index < -0.39 is 0 Å². The molecule has 2 heteroatoms. The Morgan fingerprint density at radius 1 is 1.19 bits per heavy atom. The van der Waals surface area contributed by atoms with Crippen LogP contribution in [0.2, 0.25) is 0 Å². The standard InChI is InChI=1S/C19H26N2/c1-3-15-8-4-6-10-18(15)20-13-16-12-14(2)21-19-11-7-5-9-17(16)19/h5,7,9,11-12,15,18,20H,3-4,6,8,10,13H2,1-2H3. The third-order valence-electron chi connectivity index (χ3n) is 4.92. The molecule has 2 aromatic rings. The predicted octanol–water partition coefficient (Wildman–Crippen LogP) is 4.60. The first-order chi connectivity index (χ1) is 10.3. The number of fused-ring (bicyclic) bond motifs is 1. The Labute approximate surface area is 128 Å². The number of benzene rings is 1. The van der Waals surface area contributed by atoms with Gasteiger partial charge < -0.3 is 5.32 Å². The smallest absolute Gasteiger partial charge is 0.0708 e. The summed E-state index contributed by atoms with van der Waals surface area (Å²) >= 11 is 0. The quantitative estimate of drug-likeness (QED) is 0.886. The number of rotatable bonds is 4. The number of aromatic nitrogens is 1. The van der Waals surface area contributed by atoms with E-state index in [1.54, 1.807) is 0 Å². The number of nitrogens with one attached hydrogen (secondary N) is 1. The van der Waals surface area contributed by atoms with Crippen molar-refractivity contribution >= 4 is 10.9 Å². The second kappa shape index (κ2) is 6.57. The number of aryl methyl sites for hydroxylation is 1. The maximum Gasteiger partial charge on any atom is 0.0708 e. The van der Waals surface area contributed by atoms with Crippen molar-refractivity contribution in [1.29, 1.82) is 0 Å². The van der Waals surface area contributed by atoms with Crippen LogP contribution in [-0.2, 0) is 6.54 Å². The van der Waals surface area contributed by atoms with Crippen LogP contribution in [0.4, 0.5) is 0 Å². The van der Waals surface area contributed by atoms with Gasteiger partial charge in [-0.25, -0.2) is 0 Å².